The molecular weight excluding hydrogens is 448 g/mol. The zero-order chi connectivity index (χ0) is 25.1. The molecule has 1 atom stereocenters. The zero-order valence-electron chi connectivity index (χ0n) is 19.9. The standard InChI is InChI=1S/C26H28N4O5/c1-4-16(2)30(14-23(31)32)25(33)24-22(13-29(3)28-24)27-26(34)35-15-21-19-11-7-5-9-17(19)18-10-6-8-12-20(18)21/h5-13,16,21H,4,14-15H2,1-3H3,(H,27,34)(H,31,32). The molecule has 0 saturated carbocycles. The van der Waals surface area contributed by atoms with Crippen molar-refractivity contribution >= 4 is 23.7 Å². The molecule has 182 valence electrons. The Hall–Kier alpha value is -4.14. The van der Waals surface area contributed by atoms with Gasteiger partial charge in [0.1, 0.15) is 13.2 Å². The van der Waals surface area contributed by atoms with Gasteiger partial charge in [0.25, 0.3) is 5.91 Å². The van der Waals surface area contributed by atoms with E-state index in [4.69, 9.17) is 4.74 Å². The molecule has 0 fully saturated rings. The molecule has 9 heteroatoms. The van der Waals surface area contributed by atoms with Crippen LogP contribution < -0.4 is 5.32 Å². The Bertz CT molecular complexity index is 1220. The number of aliphatic carboxylic acids is 1. The number of carboxylic acid groups (broad SMARTS) is 1. The third-order valence-electron chi connectivity index (χ3n) is 6.30. The van der Waals surface area contributed by atoms with E-state index in [1.807, 2.05) is 43.3 Å². The molecule has 0 bridgehead atoms. The second kappa shape index (κ2) is 10.0. The van der Waals surface area contributed by atoms with Crippen LogP contribution >= 0.6 is 0 Å². The first-order valence-corrected chi connectivity index (χ1v) is 11.5. The van der Waals surface area contributed by atoms with Gasteiger partial charge < -0.3 is 14.7 Å². The van der Waals surface area contributed by atoms with Gasteiger partial charge in [0.2, 0.25) is 0 Å². The first-order chi connectivity index (χ1) is 16.8. The van der Waals surface area contributed by atoms with Crippen LogP contribution in [-0.2, 0) is 16.6 Å². The Labute approximate surface area is 203 Å². The van der Waals surface area contributed by atoms with Crippen LogP contribution in [0.15, 0.2) is 54.7 Å². The van der Waals surface area contributed by atoms with Crippen LogP contribution in [0.1, 0.15) is 47.8 Å². The lowest BCUT2D eigenvalue weighted by Gasteiger charge is -2.26. The van der Waals surface area contributed by atoms with Crippen molar-refractivity contribution in [1.82, 2.24) is 14.7 Å². The smallest absolute Gasteiger partial charge is 0.411 e. The predicted molar refractivity (Wildman–Crippen MR) is 130 cm³/mol. The number of hydrogen-bond donors (Lipinski definition) is 2. The number of nitrogens with zero attached hydrogens (tertiary/aromatic N) is 3. The molecule has 3 aromatic rings. The molecule has 0 spiro atoms. The molecule has 4 rings (SSSR count). The lowest BCUT2D eigenvalue weighted by Crippen LogP contribution is -2.42. The van der Waals surface area contributed by atoms with E-state index in [0.717, 1.165) is 22.3 Å². The summed E-state index contributed by atoms with van der Waals surface area (Å²) in [6, 6.07) is 15.8. The third-order valence-corrected chi connectivity index (χ3v) is 6.30. The van der Waals surface area contributed by atoms with Gasteiger partial charge in [-0.15, -0.1) is 0 Å². The van der Waals surface area contributed by atoms with Gasteiger partial charge in [-0.05, 0) is 35.6 Å². The SMILES string of the molecule is CCC(C)N(CC(=O)O)C(=O)c1nn(C)cc1NC(=O)OCC1c2ccccc2-c2ccccc21. The molecule has 0 radical (unpaired) electrons. The molecule has 1 aliphatic rings. The number of hydrogen-bond acceptors (Lipinski definition) is 5. The van der Waals surface area contributed by atoms with Crippen LogP contribution in [0.3, 0.4) is 0 Å². The van der Waals surface area contributed by atoms with Crippen LogP contribution in [0.4, 0.5) is 10.5 Å². The van der Waals surface area contributed by atoms with Crippen molar-refractivity contribution in [2.75, 3.05) is 18.5 Å². The molecule has 2 N–H and O–H groups in total. The topological polar surface area (TPSA) is 114 Å². The van der Waals surface area contributed by atoms with E-state index in [1.165, 1.54) is 15.8 Å². The molecule has 9 nitrogen and oxygen atoms in total. The summed E-state index contributed by atoms with van der Waals surface area (Å²) in [5.74, 6) is -1.79. The lowest BCUT2D eigenvalue weighted by molar-refractivity contribution is -0.138. The number of fused-ring (bicyclic) bond motifs is 3. The Morgan fingerprint density at radius 1 is 1.11 bits per heavy atom. The fourth-order valence-corrected chi connectivity index (χ4v) is 4.41. The molecule has 2 amide bonds. The van der Waals surface area contributed by atoms with Gasteiger partial charge in [0.15, 0.2) is 5.69 Å². The number of carbonyl (C=O) groups is 3. The zero-order valence-corrected chi connectivity index (χ0v) is 19.9. The Balaban J connectivity index is 1.49. The van der Waals surface area contributed by atoms with E-state index in [0.29, 0.717) is 6.42 Å². The number of aryl methyl sites for hydroxylation is 1. The van der Waals surface area contributed by atoms with Gasteiger partial charge >= 0.3 is 12.1 Å². The third kappa shape index (κ3) is 4.89. The van der Waals surface area contributed by atoms with Crippen LogP contribution in [0.2, 0.25) is 0 Å². The van der Waals surface area contributed by atoms with Crippen LogP contribution in [0, 0.1) is 0 Å². The highest BCUT2D eigenvalue weighted by Gasteiger charge is 2.30. The average molecular weight is 477 g/mol. The van der Waals surface area contributed by atoms with Crippen molar-refractivity contribution in [2.24, 2.45) is 7.05 Å². The van der Waals surface area contributed by atoms with Gasteiger partial charge in [-0.25, -0.2) is 4.79 Å². The number of anilines is 1. The maximum absolute atomic E-state index is 13.1. The molecule has 1 heterocycles. The fourth-order valence-electron chi connectivity index (χ4n) is 4.41. The van der Waals surface area contributed by atoms with E-state index in [1.54, 1.807) is 14.0 Å². The van der Waals surface area contributed by atoms with Crippen LogP contribution in [0.25, 0.3) is 11.1 Å². The molecule has 1 unspecified atom stereocenters. The van der Waals surface area contributed by atoms with Gasteiger partial charge in [-0.3, -0.25) is 19.6 Å². The second-order valence-electron chi connectivity index (χ2n) is 8.60. The maximum Gasteiger partial charge on any atom is 0.411 e. The Morgan fingerprint density at radius 2 is 1.71 bits per heavy atom. The highest BCUT2D eigenvalue weighted by atomic mass is 16.5. The fraction of sp³-hybridized carbons (Fsp3) is 0.308. The molecule has 2 aromatic carbocycles. The number of aromatic nitrogens is 2. The summed E-state index contributed by atoms with van der Waals surface area (Å²) in [4.78, 5) is 38.4. The molecular formula is C26H28N4O5. The Kier molecular flexibility index (Phi) is 6.86. The number of benzene rings is 2. The van der Waals surface area contributed by atoms with E-state index in [-0.39, 0.29) is 29.9 Å². The highest BCUT2D eigenvalue weighted by molar-refractivity contribution is 6.02. The summed E-state index contributed by atoms with van der Waals surface area (Å²) in [5, 5.41) is 16.0. The maximum atomic E-state index is 13.1. The number of ether oxygens (including phenoxy) is 1. The first-order valence-electron chi connectivity index (χ1n) is 11.5. The summed E-state index contributed by atoms with van der Waals surface area (Å²) in [5.41, 5.74) is 4.56. The van der Waals surface area contributed by atoms with E-state index in [9.17, 15) is 19.5 Å². The highest BCUT2D eigenvalue weighted by Crippen LogP contribution is 2.44. The molecule has 1 aliphatic carbocycles. The molecule has 35 heavy (non-hydrogen) atoms. The largest absolute Gasteiger partial charge is 0.480 e. The number of rotatable bonds is 8. The lowest BCUT2D eigenvalue weighted by atomic mass is 9.98. The van der Waals surface area contributed by atoms with Crippen LogP contribution in [-0.4, -0.2) is 57.0 Å². The number of nitrogens with one attached hydrogen (secondary N) is 1. The first kappa shape index (κ1) is 24.0. The van der Waals surface area contributed by atoms with Crippen LogP contribution in [0.5, 0.6) is 0 Å². The minimum atomic E-state index is -1.12. The summed E-state index contributed by atoms with van der Waals surface area (Å²) in [6.07, 6.45) is 1.34. The molecule has 0 aliphatic heterocycles. The number of carbonyl (C=O) groups excluding carboxylic acids is 2. The average Bonchev–Trinajstić information content (AvgIpc) is 3.37. The molecule has 1 aromatic heterocycles. The van der Waals surface area contributed by atoms with Crippen molar-refractivity contribution in [3.05, 3.63) is 71.5 Å². The van der Waals surface area contributed by atoms with Gasteiger partial charge in [0, 0.05) is 25.2 Å². The van der Waals surface area contributed by atoms with Crippen molar-refractivity contribution in [1.29, 1.82) is 0 Å². The van der Waals surface area contributed by atoms with E-state index < -0.39 is 24.5 Å². The quantitative estimate of drug-likeness (QED) is 0.506. The van der Waals surface area contributed by atoms with E-state index >= 15 is 0 Å². The summed E-state index contributed by atoms with van der Waals surface area (Å²) in [6.45, 7) is 3.29. The van der Waals surface area contributed by atoms with Gasteiger partial charge in [-0.1, -0.05) is 55.5 Å². The summed E-state index contributed by atoms with van der Waals surface area (Å²) < 4.78 is 6.97. The monoisotopic (exact) mass is 476 g/mol. The minimum Gasteiger partial charge on any atom is -0.480 e. The number of carboxylic acids is 1. The van der Waals surface area contributed by atoms with Crippen molar-refractivity contribution in [3.8, 4) is 11.1 Å². The van der Waals surface area contributed by atoms with E-state index in [2.05, 4.69) is 22.5 Å². The minimum absolute atomic E-state index is 0.0393. The Morgan fingerprint density at radius 3 is 2.29 bits per heavy atom. The van der Waals surface area contributed by atoms with Crippen molar-refractivity contribution in [2.45, 2.75) is 32.2 Å². The second-order valence-corrected chi connectivity index (χ2v) is 8.60. The molecule has 0 saturated heterocycles. The van der Waals surface area contributed by atoms with Crippen molar-refractivity contribution < 1.29 is 24.2 Å². The van der Waals surface area contributed by atoms with Gasteiger partial charge in [0.05, 0.1) is 5.69 Å². The summed E-state index contributed by atoms with van der Waals surface area (Å²) >= 11 is 0. The van der Waals surface area contributed by atoms with Gasteiger partial charge in [-0.2, -0.15) is 5.10 Å². The summed E-state index contributed by atoms with van der Waals surface area (Å²) in [7, 11) is 1.62. The predicted octanol–water partition coefficient (Wildman–Crippen LogP) is 4.11. The van der Waals surface area contributed by atoms with Crippen molar-refractivity contribution in [3.63, 3.8) is 0 Å². The normalized spacial score (nSPS) is 13.0. The number of amides is 2.